The Labute approximate surface area is 112 Å². The topological polar surface area (TPSA) is 61.6 Å². The number of carbonyl (C=O) groups excluding carboxylic acids is 1. The second kappa shape index (κ2) is 6.29. The Hall–Kier alpha value is -0.950. The van der Waals surface area contributed by atoms with Gasteiger partial charge in [-0.3, -0.25) is 15.1 Å². The van der Waals surface area contributed by atoms with Crippen molar-refractivity contribution in [2.45, 2.75) is 13.5 Å². The second-order valence-corrected chi connectivity index (χ2v) is 5.37. The molecular formula is C12H20N4OS. The van der Waals surface area contributed by atoms with Crippen molar-refractivity contribution in [3.63, 3.8) is 0 Å². The molecule has 2 rings (SSSR count). The van der Waals surface area contributed by atoms with Gasteiger partial charge in [0.1, 0.15) is 0 Å². The number of hydrazine groups is 1. The first-order valence-electron chi connectivity index (χ1n) is 6.26. The molecule has 1 amide bonds. The number of amides is 1. The third kappa shape index (κ3) is 3.08. The minimum atomic E-state index is -0.188. The molecule has 1 fully saturated rings. The summed E-state index contributed by atoms with van der Waals surface area (Å²) in [6.07, 6.45) is 0. The van der Waals surface area contributed by atoms with Crippen LogP contribution in [0.4, 0.5) is 0 Å². The molecule has 1 aliphatic rings. The van der Waals surface area contributed by atoms with Crippen LogP contribution in [-0.4, -0.2) is 48.4 Å². The molecule has 5 nitrogen and oxygen atoms in total. The van der Waals surface area contributed by atoms with Crippen LogP contribution in [0.5, 0.6) is 0 Å². The first-order chi connectivity index (χ1) is 8.74. The molecule has 0 radical (unpaired) electrons. The minimum Gasteiger partial charge on any atom is -0.301 e. The second-order valence-electron chi connectivity index (χ2n) is 4.46. The number of hydrogen-bond donors (Lipinski definition) is 2. The predicted octanol–water partition coefficient (Wildman–Crippen LogP) is 0.489. The highest BCUT2D eigenvalue weighted by Crippen LogP contribution is 2.19. The number of piperazine rings is 1. The number of nitrogen functional groups attached to an aromatic ring is 1. The summed E-state index contributed by atoms with van der Waals surface area (Å²) < 4.78 is 0. The molecule has 18 heavy (non-hydrogen) atoms. The van der Waals surface area contributed by atoms with Crippen LogP contribution < -0.4 is 11.3 Å². The maximum atomic E-state index is 11.6. The van der Waals surface area contributed by atoms with Gasteiger partial charge in [-0.1, -0.05) is 6.92 Å². The van der Waals surface area contributed by atoms with Crippen LogP contribution in [0.3, 0.4) is 0 Å². The summed E-state index contributed by atoms with van der Waals surface area (Å²) in [5.41, 5.74) is 3.28. The van der Waals surface area contributed by atoms with E-state index in [1.165, 1.54) is 11.3 Å². The summed E-state index contributed by atoms with van der Waals surface area (Å²) in [5, 5.41) is 1.95. The third-order valence-corrected chi connectivity index (χ3v) is 4.35. The number of thiophene rings is 1. The Balaban J connectivity index is 1.94. The Morgan fingerprint density at radius 1 is 1.39 bits per heavy atom. The van der Waals surface area contributed by atoms with Gasteiger partial charge in [-0.25, -0.2) is 5.84 Å². The molecule has 100 valence electrons. The first-order valence-corrected chi connectivity index (χ1v) is 7.14. The van der Waals surface area contributed by atoms with Gasteiger partial charge in [0, 0.05) is 32.7 Å². The van der Waals surface area contributed by atoms with E-state index in [-0.39, 0.29) is 5.91 Å². The van der Waals surface area contributed by atoms with E-state index >= 15 is 0 Å². The van der Waals surface area contributed by atoms with Crippen LogP contribution in [-0.2, 0) is 6.54 Å². The lowest BCUT2D eigenvalue weighted by atomic mass is 10.2. The molecular weight excluding hydrogens is 248 g/mol. The van der Waals surface area contributed by atoms with Crippen molar-refractivity contribution in [3.05, 3.63) is 21.9 Å². The molecule has 0 atom stereocenters. The summed E-state index contributed by atoms with van der Waals surface area (Å²) >= 11 is 1.45. The first kappa shape index (κ1) is 13.5. The van der Waals surface area contributed by atoms with Gasteiger partial charge in [0.2, 0.25) is 0 Å². The van der Waals surface area contributed by atoms with E-state index in [0.717, 1.165) is 49.7 Å². The van der Waals surface area contributed by atoms with Crippen molar-refractivity contribution in [1.82, 2.24) is 15.2 Å². The fourth-order valence-electron chi connectivity index (χ4n) is 2.23. The van der Waals surface area contributed by atoms with E-state index in [1.807, 2.05) is 11.4 Å². The molecule has 3 N–H and O–H groups in total. The largest absolute Gasteiger partial charge is 0.301 e. The number of rotatable bonds is 4. The van der Waals surface area contributed by atoms with Gasteiger partial charge in [0.15, 0.2) is 0 Å². The van der Waals surface area contributed by atoms with Crippen molar-refractivity contribution in [1.29, 1.82) is 0 Å². The van der Waals surface area contributed by atoms with Crippen molar-refractivity contribution in [3.8, 4) is 0 Å². The minimum absolute atomic E-state index is 0.188. The summed E-state index contributed by atoms with van der Waals surface area (Å²) in [6, 6.07) is 2.02. The van der Waals surface area contributed by atoms with Gasteiger partial charge in [0.25, 0.3) is 5.91 Å². The van der Waals surface area contributed by atoms with Crippen molar-refractivity contribution in [2.24, 2.45) is 5.84 Å². The summed E-state index contributed by atoms with van der Waals surface area (Å²) in [5.74, 6) is 5.00. The smallest absolute Gasteiger partial charge is 0.275 e. The van der Waals surface area contributed by atoms with Crippen LogP contribution in [0.25, 0.3) is 0 Å². The molecule has 0 saturated carbocycles. The van der Waals surface area contributed by atoms with Crippen LogP contribution >= 0.6 is 11.3 Å². The molecule has 6 heteroatoms. The number of nitrogens with zero attached hydrogens (tertiary/aromatic N) is 2. The molecule has 2 heterocycles. The molecule has 1 aliphatic heterocycles. The lowest BCUT2D eigenvalue weighted by Gasteiger charge is -2.33. The van der Waals surface area contributed by atoms with E-state index in [4.69, 9.17) is 5.84 Å². The van der Waals surface area contributed by atoms with Crippen molar-refractivity contribution < 1.29 is 4.79 Å². The Morgan fingerprint density at radius 2 is 2.06 bits per heavy atom. The highest BCUT2D eigenvalue weighted by molar-refractivity contribution is 7.12. The molecule has 0 spiro atoms. The Kier molecular flexibility index (Phi) is 4.71. The molecule has 0 unspecified atom stereocenters. The van der Waals surface area contributed by atoms with Gasteiger partial charge in [-0.2, -0.15) is 0 Å². The van der Waals surface area contributed by atoms with Crippen LogP contribution in [0, 0.1) is 0 Å². The van der Waals surface area contributed by atoms with E-state index in [2.05, 4.69) is 22.1 Å². The summed E-state index contributed by atoms with van der Waals surface area (Å²) in [4.78, 5) is 17.1. The molecule has 0 aromatic carbocycles. The monoisotopic (exact) mass is 268 g/mol. The molecule has 0 bridgehead atoms. The number of nitrogens with two attached hydrogens (primary N) is 1. The molecule has 1 saturated heterocycles. The van der Waals surface area contributed by atoms with Gasteiger partial charge in [0.05, 0.1) is 4.88 Å². The van der Waals surface area contributed by atoms with Gasteiger partial charge in [-0.15, -0.1) is 11.3 Å². The van der Waals surface area contributed by atoms with Crippen LogP contribution in [0.15, 0.2) is 11.4 Å². The zero-order valence-electron chi connectivity index (χ0n) is 10.7. The van der Waals surface area contributed by atoms with Crippen LogP contribution in [0.2, 0.25) is 0 Å². The Bertz CT molecular complexity index is 399. The normalized spacial score (nSPS) is 17.9. The fourth-order valence-corrected chi connectivity index (χ4v) is 3.05. The summed E-state index contributed by atoms with van der Waals surface area (Å²) in [7, 11) is 0. The number of carbonyl (C=O) groups is 1. The zero-order chi connectivity index (χ0) is 13.0. The zero-order valence-corrected chi connectivity index (χ0v) is 11.5. The van der Waals surface area contributed by atoms with Crippen molar-refractivity contribution in [2.75, 3.05) is 32.7 Å². The predicted molar refractivity (Wildman–Crippen MR) is 73.4 cm³/mol. The van der Waals surface area contributed by atoms with E-state index in [9.17, 15) is 4.79 Å². The van der Waals surface area contributed by atoms with Crippen molar-refractivity contribution >= 4 is 17.2 Å². The highest BCUT2D eigenvalue weighted by Gasteiger charge is 2.18. The quantitative estimate of drug-likeness (QED) is 0.474. The molecule has 1 aromatic heterocycles. The van der Waals surface area contributed by atoms with Gasteiger partial charge in [-0.05, 0) is 23.6 Å². The number of hydrogen-bond acceptors (Lipinski definition) is 5. The lowest BCUT2D eigenvalue weighted by molar-refractivity contribution is 0.0953. The maximum absolute atomic E-state index is 11.6. The average Bonchev–Trinajstić information content (AvgIpc) is 2.87. The van der Waals surface area contributed by atoms with Gasteiger partial charge >= 0.3 is 0 Å². The standard InChI is InChI=1S/C12H20N4OS/c1-2-15-4-6-16(7-5-15)9-10-3-8-18-11(10)12(17)14-13/h3,8H,2,4-7,9,13H2,1H3,(H,14,17). The maximum Gasteiger partial charge on any atom is 0.275 e. The molecule has 1 aromatic rings. The van der Waals surface area contributed by atoms with E-state index in [1.54, 1.807) is 0 Å². The third-order valence-electron chi connectivity index (χ3n) is 3.39. The number of nitrogens with one attached hydrogen (secondary N) is 1. The Morgan fingerprint density at radius 3 is 2.67 bits per heavy atom. The molecule has 0 aliphatic carbocycles. The van der Waals surface area contributed by atoms with Gasteiger partial charge < -0.3 is 4.90 Å². The fraction of sp³-hybridized carbons (Fsp3) is 0.583. The SMILES string of the molecule is CCN1CCN(Cc2ccsc2C(=O)NN)CC1. The highest BCUT2D eigenvalue weighted by atomic mass is 32.1. The number of likely N-dealkylation sites (N-methyl/N-ethyl adjacent to an activating group) is 1. The lowest BCUT2D eigenvalue weighted by Crippen LogP contribution is -2.45. The van der Waals surface area contributed by atoms with E-state index in [0.29, 0.717) is 0 Å². The van der Waals surface area contributed by atoms with Crippen LogP contribution in [0.1, 0.15) is 22.2 Å². The summed E-state index contributed by atoms with van der Waals surface area (Å²) in [6.45, 7) is 8.49. The van der Waals surface area contributed by atoms with E-state index < -0.39 is 0 Å². The average molecular weight is 268 g/mol.